The lowest BCUT2D eigenvalue weighted by Gasteiger charge is -2.12. The van der Waals surface area contributed by atoms with E-state index in [9.17, 15) is 4.79 Å². The molecule has 0 saturated heterocycles. The van der Waals surface area contributed by atoms with Crippen molar-refractivity contribution < 1.29 is 9.32 Å². The Kier molecular flexibility index (Phi) is 3.19. The standard InChI is InChI=1S/C18H15N3O2/c22-17(20-14-6-10-19-11-7-14)18(8-9-18)16-12-15(23-21-16)13-4-2-1-3-5-13/h1-7,10-12H,8-9H2,(H,19,20,22). The Balaban J connectivity index is 1.58. The highest BCUT2D eigenvalue weighted by atomic mass is 16.5. The van der Waals surface area contributed by atoms with Crippen molar-refractivity contribution in [1.29, 1.82) is 0 Å². The molecule has 1 aliphatic carbocycles. The van der Waals surface area contributed by atoms with E-state index in [4.69, 9.17) is 4.52 Å². The SMILES string of the molecule is O=C(Nc1ccncc1)C1(c2cc(-c3ccccc3)on2)CC1. The summed E-state index contributed by atoms with van der Waals surface area (Å²) in [6.45, 7) is 0. The van der Waals surface area contributed by atoms with Crippen molar-refractivity contribution in [2.24, 2.45) is 0 Å². The van der Waals surface area contributed by atoms with Crippen LogP contribution in [0.2, 0.25) is 0 Å². The molecule has 1 N–H and O–H groups in total. The first-order valence-electron chi connectivity index (χ1n) is 7.52. The van der Waals surface area contributed by atoms with E-state index in [0.717, 1.165) is 24.1 Å². The quantitative estimate of drug-likeness (QED) is 0.802. The number of hydrogen-bond acceptors (Lipinski definition) is 4. The maximum Gasteiger partial charge on any atom is 0.236 e. The lowest BCUT2D eigenvalue weighted by Crippen LogP contribution is -2.28. The topological polar surface area (TPSA) is 68.0 Å². The molecule has 114 valence electrons. The first-order valence-corrected chi connectivity index (χ1v) is 7.52. The fourth-order valence-corrected chi connectivity index (χ4v) is 2.65. The van der Waals surface area contributed by atoms with Gasteiger partial charge in [-0.1, -0.05) is 35.5 Å². The van der Waals surface area contributed by atoms with Crippen LogP contribution < -0.4 is 5.32 Å². The third-order valence-electron chi connectivity index (χ3n) is 4.18. The van der Waals surface area contributed by atoms with Crippen LogP contribution in [0.4, 0.5) is 5.69 Å². The number of rotatable bonds is 4. The molecule has 1 aliphatic rings. The highest BCUT2D eigenvalue weighted by molar-refractivity contribution is 6.01. The average Bonchev–Trinajstić information content (AvgIpc) is 3.27. The predicted molar refractivity (Wildman–Crippen MR) is 85.7 cm³/mol. The van der Waals surface area contributed by atoms with Crippen molar-refractivity contribution in [3.63, 3.8) is 0 Å². The highest BCUT2D eigenvalue weighted by Gasteiger charge is 2.53. The number of nitrogens with zero attached hydrogens (tertiary/aromatic N) is 2. The molecule has 1 aromatic carbocycles. The summed E-state index contributed by atoms with van der Waals surface area (Å²) in [4.78, 5) is 16.6. The van der Waals surface area contributed by atoms with Crippen LogP contribution in [0.15, 0.2) is 65.4 Å². The molecule has 0 atom stereocenters. The van der Waals surface area contributed by atoms with Crippen molar-refractivity contribution in [2.45, 2.75) is 18.3 Å². The first kappa shape index (κ1) is 13.7. The number of pyridine rings is 1. The Labute approximate surface area is 133 Å². The second-order valence-corrected chi connectivity index (χ2v) is 5.71. The third kappa shape index (κ3) is 2.50. The van der Waals surface area contributed by atoms with Crippen LogP contribution in [0.1, 0.15) is 18.5 Å². The lowest BCUT2D eigenvalue weighted by atomic mass is 10.00. The minimum atomic E-state index is -0.570. The largest absolute Gasteiger partial charge is 0.356 e. The molecule has 3 aromatic rings. The zero-order valence-electron chi connectivity index (χ0n) is 12.4. The molecule has 5 heteroatoms. The van der Waals surface area contributed by atoms with Gasteiger partial charge in [0.05, 0.1) is 11.1 Å². The van der Waals surface area contributed by atoms with Gasteiger partial charge in [-0.2, -0.15) is 0 Å². The monoisotopic (exact) mass is 305 g/mol. The van der Waals surface area contributed by atoms with Crippen LogP contribution in [-0.4, -0.2) is 16.0 Å². The van der Waals surface area contributed by atoms with E-state index in [2.05, 4.69) is 15.5 Å². The van der Waals surface area contributed by atoms with Crippen molar-refractivity contribution in [3.05, 3.63) is 66.6 Å². The number of hydrogen-bond donors (Lipinski definition) is 1. The Morgan fingerprint density at radius 2 is 1.83 bits per heavy atom. The molecule has 1 saturated carbocycles. The van der Waals surface area contributed by atoms with Crippen LogP contribution in [0.25, 0.3) is 11.3 Å². The second-order valence-electron chi connectivity index (χ2n) is 5.71. The Bertz CT molecular complexity index is 824. The number of carbonyl (C=O) groups is 1. The Morgan fingerprint density at radius 1 is 1.09 bits per heavy atom. The number of nitrogens with one attached hydrogen (secondary N) is 1. The molecule has 0 spiro atoms. The van der Waals surface area contributed by atoms with E-state index in [1.54, 1.807) is 24.5 Å². The zero-order chi connectivity index (χ0) is 15.7. The summed E-state index contributed by atoms with van der Waals surface area (Å²) in [5, 5.41) is 7.07. The van der Waals surface area contributed by atoms with E-state index >= 15 is 0 Å². The molecule has 4 rings (SSSR count). The fourth-order valence-electron chi connectivity index (χ4n) is 2.65. The van der Waals surface area contributed by atoms with Crippen LogP contribution >= 0.6 is 0 Å². The van der Waals surface area contributed by atoms with Crippen LogP contribution in [-0.2, 0) is 10.2 Å². The summed E-state index contributed by atoms with van der Waals surface area (Å²) in [5.74, 6) is 0.639. The minimum Gasteiger partial charge on any atom is -0.356 e. The predicted octanol–water partition coefficient (Wildman–Crippen LogP) is 3.41. The van der Waals surface area contributed by atoms with Gasteiger partial charge in [-0.3, -0.25) is 9.78 Å². The van der Waals surface area contributed by atoms with E-state index in [1.807, 2.05) is 36.4 Å². The van der Waals surface area contributed by atoms with E-state index in [-0.39, 0.29) is 5.91 Å². The molecule has 2 aromatic heterocycles. The maximum absolute atomic E-state index is 12.6. The normalized spacial score (nSPS) is 15.1. The van der Waals surface area contributed by atoms with E-state index < -0.39 is 5.41 Å². The molecule has 0 radical (unpaired) electrons. The lowest BCUT2D eigenvalue weighted by molar-refractivity contribution is -0.118. The van der Waals surface area contributed by atoms with Gasteiger partial charge in [-0.25, -0.2) is 0 Å². The summed E-state index contributed by atoms with van der Waals surface area (Å²) < 4.78 is 5.44. The van der Waals surface area contributed by atoms with Crippen molar-refractivity contribution in [1.82, 2.24) is 10.1 Å². The van der Waals surface area contributed by atoms with Crippen LogP contribution in [0.3, 0.4) is 0 Å². The first-order chi connectivity index (χ1) is 11.3. The fraction of sp³-hybridized carbons (Fsp3) is 0.167. The van der Waals surface area contributed by atoms with Gasteiger partial charge >= 0.3 is 0 Å². The number of benzene rings is 1. The smallest absolute Gasteiger partial charge is 0.236 e. The van der Waals surface area contributed by atoms with Crippen molar-refractivity contribution in [2.75, 3.05) is 5.32 Å². The van der Waals surface area contributed by atoms with Gasteiger partial charge in [-0.15, -0.1) is 0 Å². The molecule has 0 unspecified atom stereocenters. The number of amides is 1. The van der Waals surface area contributed by atoms with E-state index in [1.165, 1.54) is 0 Å². The van der Waals surface area contributed by atoms with Crippen LogP contribution in [0.5, 0.6) is 0 Å². The Hall–Kier alpha value is -2.95. The van der Waals surface area contributed by atoms with Gasteiger partial charge < -0.3 is 9.84 Å². The molecule has 0 aliphatic heterocycles. The summed E-state index contributed by atoms with van der Waals surface area (Å²) in [6.07, 6.45) is 4.87. The molecule has 5 nitrogen and oxygen atoms in total. The highest BCUT2D eigenvalue weighted by Crippen LogP contribution is 2.49. The molecule has 0 bridgehead atoms. The average molecular weight is 305 g/mol. The summed E-state index contributed by atoms with van der Waals surface area (Å²) in [6, 6.07) is 15.2. The van der Waals surface area contributed by atoms with Gasteiger partial charge in [0.2, 0.25) is 5.91 Å². The molecule has 1 fully saturated rings. The molecule has 1 amide bonds. The second kappa shape index (κ2) is 5.35. The van der Waals surface area contributed by atoms with Crippen molar-refractivity contribution in [3.8, 4) is 11.3 Å². The maximum atomic E-state index is 12.6. The minimum absolute atomic E-state index is 0.0448. The van der Waals surface area contributed by atoms with Gasteiger partial charge in [0.25, 0.3) is 0 Å². The third-order valence-corrected chi connectivity index (χ3v) is 4.18. The summed E-state index contributed by atoms with van der Waals surface area (Å²) in [7, 11) is 0. The van der Waals surface area contributed by atoms with Gasteiger partial charge in [0.1, 0.15) is 0 Å². The van der Waals surface area contributed by atoms with Gasteiger partial charge in [0.15, 0.2) is 5.76 Å². The zero-order valence-corrected chi connectivity index (χ0v) is 12.4. The number of anilines is 1. The van der Waals surface area contributed by atoms with Gasteiger partial charge in [-0.05, 0) is 25.0 Å². The molecular formula is C18H15N3O2. The molecule has 23 heavy (non-hydrogen) atoms. The Morgan fingerprint density at radius 3 is 2.52 bits per heavy atom. The number of aromatic nitrogens is 2. The van der Waals surface area contributed by atoms with Crippen molar-refractivity contribution >= 4 is 11.6 Å². The van der Waals surface area contributed by atoms with Gasteiger partial charge in [0, 0.05) is 29.7 Å². The van der Waals surface area contributed by atoms with E-state index in [0.29, 0.717) is 11.5 Å². The van der Waals surface area contributed by atoms with Crippen LogP contribution in [0, 0.1) is 0 Å². The summed E-state index contributed by atoms with van der Waals surface area (Å²) in [5.41, 5.74) is 1.82. The molecule has 2 heterocycles. The summed E-state index contributed by atoms with van der Waals surface area (Å²) >= 11 is 0. The number of carbonyl (C=O) groups excluding carboxylic acids is 1. The molecular weight excluding hydrogens is 290 g/mol.